The van der Waals surface area contributed by atoms with Crippen molar-refractivity contribution in [2.45, 2.75) is 0 Å². The maximum Gasteiger partial charge on any atom is 0.231 e. The summed E-state index contributed by atoms with van der Waals surface area (Å²) in [7, 11) is 12.3. The van der Waals surface area contributed by atoms with Crippen molar-refractivity contribution < 1.29 is 0 Å². The van der Waals surface area contributed by atoms with E-state index in [1.54, 1.807) is 0 Å². The molecule has 5 unspecified atom stereocenters. The predicted octanol–water partition coefficient (Wildman–Crippen LogP) is 2.38. The minimum Gasteiger partial charge on any atom is -0.160 e. The molecule has 0 saturated heterocycles. The highest BCUT2D eigenvalue weighted by Gasteiger charge is 2.07. The van der Waals surface area contributed by atoms with Crippen LogP contribution in [0.25, 0.3) is 0 Å². The summed E-state index contributed by atoms with van der Waals surface area (Å²) in [5.74, 6) is 0.801. The Hall–Kier alpha value is 2.64. The van der Waals surface area contributed by atoms with Crippen molar-refractivity contribution in [3.05, 3.63) is 0 Å². The van der Waals surface area contributed by atoms with Crippen molar-refractivity contribution in [3.63, 3.8) is 0 Å². The van der Waals surface area contributed by atoms with Gasteiger partial charge in [-0.2, -0.15) is 9.12 Å². The third-order valence-corrected chi connectivity index (χ3v) is 13.3. The van der Waals surface area contributed by atoms with Crippen LogP contribution in [0.1, 0.15) is 0 Å². The molecule has 0 aromatic rings. The average Bonchev–Trinajstić information content (AvgIpc) is 1.65. The highest BCUT2D eigenvalue weighted by atomic mass is 32.4. The van der Waals surface area contributed by atoms with E-state index < -0.39 is 0 Å². The SMILES string of the molecule is PPB(P)P(P)P. The zero-order valence-corrected chi connectivity index (χ0v) is 10.3. The highest BCUT2D eigenvalue weighted by Crippen LogP contribution is 2.63. The fourth-order valence-electron chi connectivity index (χ4n) is 0.0861. The zero-order chi connectivity index (χ0) is 5.86. The summed E-state index contributed by atoms with van der Waals surface area (Å²) in [5.41, 5.74) is 0. The minimum atomic E-state index is 0.126. The summed E-state index contributed by atoms with van der Waals surface area (Å²) >= 11 is 0. The topological polar surface area (TPSA) is 0 Å². The molecule has 0 aliphatic rings. The van der Waals surface area contributed by atoms with E-state index in [4.69, 9.17) is 0 Å². The first-order chi connectivity index (χ1) is 3.18. The molecule has 42 valence electrons. The molecule has 0 radical (unpaired) electrons. The predicted molar refractivity (Wildman–Crippen MR) is 59.8 cm³/mol. The van der Waals surface area contributed by atoms with Crippen LogP contribution >= 0.6 is 51.2 Å². The van der Waals surface area contributed by atoms with Crippen molar-refractivity contribution in [3.8, 4) is 0 Å². The summed E-state index contributed by atoms with van der Waals surface area (Å²) in [6.07, 6.45) is 0. The maximum absolute atomic E-state index is 2.83. The van der Waals surface area contributed by atoms with Crippen LogP contribution in [-0.2, 0) is 0 Å². The number of hydrogen-bond acceptors (Lipinski definition) is 0. The minimum absolute atomic E-state index is 0.126. The van der Waals surface area contributed by atoms with E-state index in [1.165, 1.54) is 0 Å². The number of rotatable bonds is 2. The van der Waals surface area contributed by atoms with E-state index in [-0.39, 0.29) is 7.18 Å². The van der Waals surface area contributed by atoms with Crippen LogP contribution in [0.3, 0.4) is 0 Å². The van der Waals surface area contributed by atoms with Gasteiger partial charge in [0.15, 0.2) is 0 Å². The first-order valence-electron chi connectivity index (χ1n) is 1.69. The summed E-state index contributed by atoms with van der Waals surface area (Å²) in [6, 6.07) is 0. The van der Waals surface area contributed by atoms with E-state index in [9.17, 15) is 0 Å². The van der Waals surface area contributed by atoms with Crippen LogP contribution in [0.4, 0.5) is 0 Å². The van der Waals surface area contributed by atoms with Gasteiger partial charge in [-0.1, -0.05) is 7.18 Å². The van der Waals surface area contributed by atoms with E-state index in [1.807, 2.05) is 0 Å². The molecule has 0 aliphatic heterocycles. The molecule has 0 fully saturated rings. The molecule has 0 amide bonds. The second-order valence-electron chi connectivity index (χ2n) is 1.06. The monoisotopic (exact) mass is 206 g/mol. The Balaban J connectivity index is 3.14. The van der Waals surface area contributed by atoms with E-state index in [2.05, 4.69) is 35.9 Å². The van der Waals surface area contributed by atoms with Crippen molar-refractivity contribution in [2.75, 3.05) is 0 Å². The second kappa shape index (κ2) is 5.43. The molecule has 0 bridgehead atoms. The summed E-state index contributed by atoms with van der Waals surface area (Å²) in [6.45, 7) is 0. The van der Waals surface area contributed by atoms with Crippen LogP contribution in [0.5, 0.6) is 0 Å². The quantitative estimate of drug-likeness (QED) is 0.480. The molecule has 0 nitrogen and oxygen atoms in total. The van der Waals surface area contributed by atoms with Crippen molar-refractivity contribution in [1.29, 1.82) is 0 Å². The lowest BCUT2D eigenvalue weighted by molar-refractivity contribution is 4.35. The van der Waals surface area contributed by atoms with Gasteiger partial charge >= 0.3 is 0 Å². The van der Waals surface area contributed by atoms with E-state index in [0.29, 0.717) is 0 Å². The summed E-state index contributed by atoms with van der Waals surface area (Å²) in [4.78, 5) is 0. The zero-order valence-electron chi connectivity index (χ0n) is 3.83. The second-order valence-corrected chi connectivity index (χ2v) is 12.2. The Bertz CT molecular complexity index is 41.4. The van der Waals surface area contributed by atoms with Gasteiger partial charge in [0.05, 0.1) is 0 Å². The van der Waals surface area contributed by atoms with Gasteiger partial charge in [0, 0.05) is 0 Å². The molecular formula is H9BP6. The van der Waals surface area contributed by atoms with Gasteiger partial charge in [-0.05, 0) is 0 Å². The van der Waals surface area contributed by atoms with Crippen LogP contribution in [0, 0.1) is 0 Å². The Labute approximate surface area is 57.5 Å². The molecular weight excluding hydrogens is 197 g/mol. The Kier molecular flexibility index (Phi) is 7.48. The molecule has 5 atom stereocenters. The van der Waals surface area contributed by atoms with Gasteiger partial charge in [0.2, 0.25) is 5.87 Å². The third-order valence-electron chi connectivity index (χ3n) is 0.492. The lowest BCUT2D eigenvalue weighted by Gasteiger charge is -2.06. The van der Waals surface area contributed by atoms with Gasteiger partial charge < -0.3 is 0 Å². The molecule has 7 heavy (non-hydrogen) atoms. The van der Waals surface area contributed by atoms with Crippen LogP contribution in [0.15, 0.2) is 0 Å². The molecule has 0 N–H and O–H groups in total. The lowest BCUT2D eigenvalue weighted by Crippen LogP contribution is -1.75. The highest BCUT2D eigenvalue weighted by molar-refractivity contribution is 8.70. The van der Waals surface area contributed by atoms with E-state index >= 15 is 0 Å². The normalized spacial score (nSPS) is 11.6. The Morgan fingerprint density at radius 2 is 1.86 bits per heavy atom. The number of hydrogen-bond donors (Lipinski definition) is 0. The molecule has 0 heterocycles. The van der Waals surface area contributed by atoms with Crippen molar-refractivity contribution >= 4 is 57.1 Å². The maximum atomic E-state index is 2.83. The van der Waals surface area contributed by atoms with Crippen LogP contribution < -0.4 is 0 Å². The van der Waals surface area contributed by atoms with Gasteiger partial charge in [0.25, 0.3) is 0 Å². The smallest absolute Gasteiger partial charge is 0.160 e. The fourth-order valence-corrected chi connectivity index (χ4v) is 6.97. The lowest BCUT2D eigenvalue weighted by atomic mass is 10.7. The summed E-state index contributed by atoms with van der Waals surface area (Å²) in [5, 5.41) is 0. The van der Waals surface area contributed by atoms with Crippen LogP contribution in [0.2, 0.25) is 0 Å². The van der Waals surface area contributed by atoms with Gasteiger partial charge in [0.1, 0.15) is 0 Å². The molecule has 0 aromatic carbocycles. The first-order valence-corrected chi connectivity index (χ1v) is 9.89. The van der Waals surface area contributed by atoms with E-state index in [0.717, 1.165) is 14.0 Å². The molecule has 0 aliphatic carbocycles. The Morgan fingerprint density at radius 1 is 1.43 bits per heavy atom. The van der Waals surface area contributed by atoms with Gasteiger partial charge in [-0.3, -0.25) is 0 Å². The molecule has 0 rings (SSSR count). The largest absolute Gasteiger partial charge is 0.231 e. The fraction of sp³-hybridized carbons (Fsp3) is 0. The molecule has 0 spiro atoms. The molecule has 7 heteroatoms. The first kappa shape index (κ1) is 9.64. The van der Waals surface area contributed by atoms with Crippen LogP contribution in [-0.4, -0.2) is 5.87 Å². The Morgan fingerprint density at radius 3 is 1.86 bits per heavy atom. The molecule has 0 saturated carbocycles. The summed E-state index contributed by atoms with van der Waals surface area (Å²) < 4.78 is 0. The molecule has 0 aromatic heterocycles. The van der Waals surface area contributed by atoms with Crippen molar-refractivity contribution in [2.24, 2.45) is 0 Å². The van der Waals surface area contributed by atoms with Gasteiger partial charge in [-0.15, -0.1) is 34.9 Å². The van der Waals surface area contributed by atoms with Crippen molar-refractivity contribution in [1.82, 2.24) is 0 Å². The average molecular weight is 206 g/mol. The standard InChI is InChI=1S/BH9P6/c2-1(6-3)7(4)5/h6H,2-5H2. The third kappa shape index (κ3) is 5.11. The van der Waals surface area contributed by atoms with Gasteiger partial charge in [-0.25, -0.2) is 0 Å².